The number of nitrogens with zero attached hydrogens (tertiary/aromatic N) is 1. The molecule has 1 aliphatic heterocycles. The lowest BCUT2D eigenvalue weighted by molar-refractivity contribution is -0.143. The van der Waals surface area contributed by atoms with Crippen LogP contribution < -0.4 is 9.47 Å². The average molecular weight is 307 g/mol. The number of carbonyl (C=O) groups excluding carboxylic acids is 1. The van der Waals surface area contributed by atoms with Gasteiger partial charge in [0.25, 0.3) is 5.91 Å². The van der Waals surface area contributed by atoms with E-state index >= 15 is 0 Å². The predicted molar refractivity (Wildman–Crippen MR) is 80.4 cm³/mol. The maximum atomic E-state index is 12.5. The molecule has 22 heavy (non-hydrogen) atoms. The molecule has 2 rings (SSSR count). The van der Waals surface area contributed by atoms with E-state index in [1.165, 1.54) is 7.11 Å². The molecule has 0 radical (unpaired) electrons. The normalized spacial score (nSPS) is 17.9. The Kier molecular flexibility index (Phi) is 5.25. The molecule has 1 atom stereocenters. The Morgan fingerprint density at radius 2 is 2.14 bits per heavy atom. The number of rotatable bonds is 5. The van der Waals surface area contributed by atoms with Crippen molar-refractivity contribution in [2.75, 3.05) is 26.8 Å². The molecule has 6 heteroatoms. The summed E-state index contributed by atoms with van der Waals surface area (Å²) in [6.07, 6.45) is 1.32. The molecule has 6 nitrogen and oxygen atoms in total. The summed E-state index contributed by atoms with van der Waals surface area (Å²) in [4.78, 5) is 25.2. The second kappa shape index (κ2) is 7.15. The molecule has 0 aliphatic carbocycles. The van der Waals surface area contributed by atoms with Crippen molar-refractivity contribution in [1.82, 2.24) is 4.90 Å². The Bertz CT molecular complexity index is 557. The molecule has 0 aromatic heterocycles. The molecule has 1 heterocycles. The number of benzene rings is 1. The van der Waals surface area contributed by atoms with Crippen molar-refractivity contribution in [2.24, 2.45) is 5.92 Å². The van der Waals surface area contributed by atoms with Gasteiger partial charge in [-0.05, 0) is 38.0 Å². The third-order valence-corrected chi connectivity index (χ3v) is 3.77. The summed E-state index contributed by atoms with van der Waals surface area (Å²) < 4.78 is 10.7. The molecule has 1 aromatic carbocycles. The number of ether oxygens (including phenoxy) is 2. The van der Waals surface area contributed by atoms with Crippen LogP contribution in [0.5, 0.6) is 11.5 Å². The van der Waals surface area contributed by atoms with E-state index in [1.54, 1.807) is 23.1 Å². The van der Waals surface area contributed by atoms with Crippen LogP contribution in [0.1, 0.15) is 30.1 Å². The summed E-state index contributed by atoms with van der Waals surface area (Å²) in [6, 6.07) is 5.02. The number of methoxy groups -OCH3 is 1. The quantitative estimate of drug-likeness (QED) is 0.900. The largest absolute Gasteiger partial charge is 0.493 e. The van der Waals surface area contributed by atoms with E-state index < -0.39 is 11.9 Å². The Morgan fingerprint density at radius 1 is 1.36 bits per heavy atom. The van der Waals surface area contributed by atoms with Crippen molar-refractivity contribution >= 4 is 11.9 Å². The number of piperidine rings is 1. The summed E-state index contributed by atoms with van der Waals surface area (Å²) in [7, 11) is 1.52. The molecule has 0 bridgehead atoms. The van der Waals surface area contributed by atoms with Crippen LogP contribution in [0.4, 0.5) is 0 Å². The first-order valence-corrected chi connectivity index (χ1v) is 7.39. The molecular weight excluding hydrogens is 286 g/mol. The van der Waals surface area contributed by atoms with Crippen LogP contribution in [0.3, 0.4) is 0 Å². The van der Waals surface area contributed by atoms with Crippen LogP contribution in [-0.4, -0.2) is 48.7 Å². The van der Waals surface area contributed by atoms with Gasteiger partial charge in [0.05, 0.1) is 19.6 Å². The minimum atomic E-state index is -0.846. The topological polar surface area (TPSA) is 76.1 Å². The highest BCUT2D eigenvalue weighted by molar-refractivity contribution is 5.95. The van der Waals surface area contributed by atoms with E-state index in [4.69, 9.17) is 14.6 Å². The van der Waals surface area contributed by atoms with Gasteiger partial charge in [-0.15, -0.1) is 0 Å². The second-order valence-electron chi connectivity index (χ2n) is 5.23. The Labute approximate surface area is 129 Å². The van der Waals surface area contributed by atoms with Gasteiger partial charge in [-0.25, -0.2) is 0 Å². The van der Waals surface area contributed by atoms with E-state index in [0.717, 1.165) is 0 Å². The molecular formula is C16H21NO5. The summed E-state index contributed by atoms with van der Waals surface area (Å²) in [5, 5.41) is 9.11. The lowest BCUT2D eigenvalue weighted by atomic mass is 9.97. The summed E-state index contributed by atoms with van der Waals surface area (Å²) in [5.74, 6) is -0.417. The molecule has 1 aromatic rings. The number of hydrogen-bond donors (Lipinski definition) is 1. The first-order chi connectivity index (χ1) is 10.6. The van der Waals surface area contributed by atoms with Crippen molar-refractivity contribution in [3.8, 4) is 11.5 Å². The third kappa shape index (κ3) is 3.50. The van der Waals surface area contributed by atoms with Crippen LogP contribution in [0.15, 0.2) is 18.2 Å². The van der Waals surface area contributed by atoms with Crippen LogP contribution in [0, 0.1) is 5.92 Å². The van der Waals surface area contributed by atoms with Gasteiger partial charge >= 0.3 is 5.97 Å². The van der Waals surface area contributed by atoms with Gasteiger partial charge in [-0.2, -0.15) is 0 Å². The zero-order valence-electron chi connectivity index (χ0n) is 12.9. The van der Waals surface area contributed by atoms with Crippen molar-refractivity contribution in [3.63, 3.8) is 0 Å². The van der Waals surface area contributed by atoms with E-state index in [-0.39, 0.29) is 12.5 Å². The van der Waals surface area contributed by atoms with Gasteiger partial charge < -0.3 is 19.5 Å². The van der Waals surface area contributed by atoms with Crippen LogP contribution in [0.2, 0.25) is 0 Å². The maximum Gasteiger partial charge on any atom is 0.308 e. The van der Waals surface area contributed by atoms with E-state index in [2.05, 4.69) is 0 Å². The minimum absolute atomic E-state index is 0.174. The van der Waals surface area contributed by atoms with Crippen molar-refractivity contribution in [3.05, 3.63) is 23.8 Å². The van der Waals surface area contributed by atoms with Crippen LogP contribution in [0.25, 0.3) is 0 Å². The first-order valence-electron chi connectivity index (χ1n) is 7.39. The number of carbonyl (C=O) groups is 2. The summed E-state index contributed by atoms with van der Waals surface area (Å²) in [6.45, 7) is 3.22. The SMILES string of the molecule is CCOc1ccc(C(=O)N2CCC[C@H](C(=O)O)C2)cc1OC. The number of aliphatic carboxylic acids is 1. The number of likely N-dealkylation sites (tertiary alicyclic amines) is 1. The van der Waals surface area contributed by atoms with Gasteiger partial charge in [0.2, 0.25) is 0 Å². The minimum Gasteiger partial charge on any atom is -0.493 e. The Balaban J connectivity index is 2.16. The fourth-order valence-corrected chi connectivity index (χ4v) is 2.62. The number of carboxylic acid groups (broad SMARTS) is 1. The molecule has 1 amide bonds. The fraction of sp³-hybridized carbons (Fsp3) is 0.500. The highest BCUT2D eigenvalue weighted by Crippen LogP contribution is 2.29. The summed E-state index contributed by atoms with van der Waals surface area (Å²) in [5.41, 5.74) is 0.478. The number of hydrogen-bond acceptors (Lipinski definition) is 4. The molecule has 1 saturated heterocycles. The van der Waals surface area contributed by atoms with Gasteiger partial charge in [0.1, 0.15) is 0 Å². The summed E-state index contributed by atoms with van der Waals surface area (Å²) >= 11 is 0. The molecule has 1 N–H and O–H groups in total. The van der Waals surface area contributed by atoms with Gasteiger partial charge in [0.15, 0.2) is 11.5 Å². The predicted octanol–water partition coefficient (Wildman–Crippen LogP) is 2.03. The van der Waals surface area contributed by atoms with Crippen molar-refractivity contribution in [1.29, 1.82) is 0 Å². The Morgan fingerprint density at radius 3 is 2.77 bits per heavy atom. The zero-order chi connectivity index (χ0) is 16.1. The lowest BCUT2D eigenvalue weighted by Gasteiger charge is -2.30. The van der Waals surface area contributed by atoms with Crippen molar-refractivity contribution in [2.45, 2.75) is 19.8 Å². The molecule has 0 spiro atoms. The molecule has 120 valence electrons. The monoisotopic (exact) mass is 307 g/mol. The maximum absolute atomic E-state index is 12.5. The van der Waals surface area contributed by atoms with E-state index in [1.807, 2.05) is 6.92 Å². The molecule has 0 saturated carbocycles. The molecule has 1 fully saturated rings. The van der Waals surface area contributed by atoms with Gasteiger partial charge in [-0.1, -0.05) is 0 Å². The van der Waals surface area contributed by atoms with Crippen LogP contribution >= 0.6 is 0 Å². The van der Waals surface area contributed by atoms with E-state index in [9.17, 15) is 9.59 Å². The van der Waals surface area contributed by atoms with E-state index in [0.29, 0.717) is 43.1 Å². The van der Waals surface area contributed by atoms with Crippen molar-refractivity contribution < 1.29 is 24.2 Å². The Hall–Kier alpha value is -2.24. The lowest BCUT2D eigenvalue weighted by Crippen LogP contribution is -2.42. The number of amides is 1. The van der Waals surface area contributed by atoms with Gasteiger partial charge in [-0.3, -0.25) is 9.59 Å². The number of carboxylic acids is 1. The standard InChI is InChI=1S/C16H21NO5/c1-3-22-13-7-6-11(9-14(13)21-2)15(18)17-8-4-5-12(10-17)16(19)20/h6-7,9,12H,3-5,8,10H2,1-2H3,(H,19,20)/t12-/m0/s1. The average Bonchev–Trinajstić information content (AvgIpc) is 2.55. The molecule has 0 unspecified atom stereocenters. The van der Waals surface area contributed by atoms with Gasteiger partial charge in [0, 0.05) is 18.7 Å². The second-order valence-corrected chi connectivity index (χ2v) is 5.23. The fourth-order valence-electron chi connectivity index (χ4n) is 2.62. The highest BCUT2D eigenvalue weighted by atomic mass is 16.5. The van der Waals surface area contributed by atoms with Crippen LogP contribution in [-0.2, 0) is 4.79 Å². The third-order valence-electron chi connectivity index (χ3n) is 3.77. The first kappa shape index (κ1) is 16.1. The smallest absolute Gasteiger partial charge is 0.308 e. The highest BCUT2D eigenvalue weighted by Gasteiger charge is 2.29. The molecule has 1 aliphatic rings. The zero-order valence-corrected chi connectivity index (χ0v) is 12.9.